The molecule has 2 aliphatic rings. The summed E-state index contributed by atoms with van der Waals surface area (Å²) in [6.45, 7) is 7.38. The number of hydrogen-bond acceptors (Lipinski definition) is 4. The zero-order valence-corrected chi connectivity index (χ0v) is 17.4. The van der Waals surface area contributed by atoms with Crippen LogP contribution in [0, 0.1) is 5.92 Å². The van der Waals surface area contributed by atoms with Gasteiger partial charge in [0.25, 0.3) is 0 Å². The van der Waals surface area contributed by atoms with Crippen molar-refractivity contribution in [3.05, 3.63) is 12.7 Å². The Bertz CT molecular complexity index is 428. The number of carbonyl (C=O) groups excluding carboxylic acids is 1. The van der Waals surface area contributed by atoms with Crippen LogP contribution in [0.25, 0.3) is 0 Å². The predicted molar refractivity (Wildman–Crippen MR) is 109 cm³/mol. The van der Waals surface area contributed by atoms with E-state index in [9.17, 15) is 4.79 Å². The van der Waals surface area contributed by atoms with Gasteiger partial charge in [-0.15, -0.1) is 6.58 Å². The molecule has 2 fully saturated rings. The van der Waals surface area contributed by atoms with Gasteiger partial charge in [0.05, 0.1) is 19.6 Å². The number of ether oxygens (including phenoxy) is 3. The molecule has 0 bridgehead atoms. The van der Waals surface area contributed by atoms with Crippen LogP contribution in [-0.2, 0) is 19.0 Å². The molecule has 0 radical (unpaired) electrons. The van der Waals surface area contributed by atoms with Crippen molar-refractivity contribution in [2.75, 3.05) is 13.2 Å². The third-order valence-electron chi connectivity index (χ3n) is 5.98. The van der Waals surface area contributed by atoms with E-state index >= 15 is 0 Å². The molecule has 2 rings (SSSR count). The highest BCUT2D eigenvalue weighted by Gasteiger charge is 2.32. The zero-order chi connectivity index (χ0) is 19.4. The quantitative estimate of drug-likeness (QED) is 0.200. The Kier molecular flexibility index (Phi) is 10.4. The first-order valence-corrected chi connectivity index (χ1v) is 11.2. The maximum atomic E-state index is 11.3. The van der Waals surface area contributed by atoms with Crippen molar-refractivity contribution in [1.82, 2.24) is 0 Å². The van der Waals surface area contributed by atoms with E-state index < -0.39 is 0 Å². The third kappa shape index (κ3) is 8.78. The highest BCUT2D eigenvalue weighted by molar-refractivity contribution is 5.72. The molecular weight excluding hydrogens is 340 g/mol. The van der Waals surface area contributed by atoms with Gasteiger partial charge in [0.1, 0.15) is 6.10 Å². The van der Waals surface area contributed by atoms with Gasteiger partial charge in [0.2, 0.25) is 0 Å². The molecule has 2 atom stereocenters. The molecule has 0 aromatic rings. The van der Waals surface area contributed by atoms with E-state index in [1.165, 1.54) is 64.2 Å². The molecule has 2 saturated heterocycles. The number of unbranched alkanes of at least 4 members (excludes halogenated alkanes) is 10. The van der Waals surface area contributed by atoms with E-state index in [2.05, 4.69) is 13.5 Å². The minimum absolute atomic E-state index is 0.0562. The van der Waals surface area contributed by atoms with Gasteiger partial charge in [0.15, 0.2) is 5.79 Å². The van der Waals surface area contributed by atoms with E-state index in [0.717, 1.165) is 32.5 Å². The van der Waals surface area contributed by atoms with Crippen molar-refractivity contribution < 1.29 is 19.0 Å². The molecule has 2 heterocycles. The Morgan fingerprint density at radius 3 is 2.00 bits per heavy atom. The van der Waals surface area contributed by atoms with E-state index in [0.29, 0.717) is 6.42 Å². The van der Waals surface area contributed by atoms with Crippen molar-refractivity contribution >= 4 is 5.97 Å². The fourth-order valence-corrected chi connectivity index (χ4v) is 4.22. The van der Waals surface area contributed by atoms with E-state index in [1.54, 1.807) is 0 Å². The van der Waals surface area contributed by atoms with Crippen LogP contribution in [0.5, 0.6) is 0 Å². The van der Waals surface area contributed by atoms with Gasteiger partial charge in [-0.05, 0) is 26.2 Å². The molecule has 0 unspecified atom stereocenters. The van der Waals surface area contributed by atoms with Crippen LogP contribution in [0.3, 0.4) is 0 Å². The van der Waals surface area contributed by atoms with Gasteiger partial charge in [-0.2, -0.15) is 0 Å². The average Bonchev–Trinajstić information content (AvgIpc) is 3.24. The molecule has 156 valence electrons. The molecular formula is C23H40O4. The summed E-state index contributed by atoms with van der Waals surface area (Å²) in [5.41, 5.74) is 0. The Morgan fingerprint density at radius 2 is 1.44 bits per heavy atom. The van der Waals surface area contributed by atoms with E-state index in [-0.39, 0.29) is 23.8 Å². The molecule has 0 N–H and O–H groups in total. The molecule has 2 aliphatic heterocycles. The highest BCUT2D eigenvalue weighted by Crippen LogP contribution is 2.27. The summed E-state index contributed by atoms with van der Waals surface area (Å²) in [6, 6.07) is 0. The molecule has 0 aliphatic carbocycles. The van der Waals surface area contributed by atoms with Crippen LogP contribution in [0.4, 0.5) is 0 Å². The Balaban J connectivity index is 1.31. The number of rotatable bonds is 15. The first-order chi connectivity index (χ1) is 13.1. The first-order valence-electron chi connectivity index (χ1n) is 11.2. The summed E-state index contributed by atoms with van der Waals surface area (Å²) in [5, 5.41) is 0. The maximum Gasteiger partial charge on any atom is 0.306 e. The summed E-state index contributed by atoms with van der Waals surface area (Å²) < 4.78 is 16.6. The minimum Gasteiger partial charge on any atom is -0.462 e. The van der Waals surface area contributed by atoms with Crippen molar-refractivity contribution in [2.24, 2.45) is 5.92 Å². The smallest absolute Gasteiger partial charge is 0.306 e. The van der Waals surface area contributed by atoms with Gasteiger partial charge in [-0.3, -0.25) is 4.79 Å². The predicted octanol–water partition coefficient (Wildman–Crippen LogP) is 5.94. The van der Waals surface area contributed by atoms with Crippen LogP contribution in [0.2, 0.25) is 0 Å². The SMILES string of the molecule is C=C[C@H]1CC(=O)O[C@H]1CCCCCCCCCCCCCC1(C)OCCO1. The lowest BCUT2D eigenvalue weighted by Gasteiger charge is -2.21. The molecule has 27 heavy (non-hydrogen) atoms. The molecule has 0 spiro atoms. The Hall–Kier alpha value is -0.870. The fourth-order valence-electron chi connectivity index (χ4n) is 4.22. The summed E-state index contributed by atoms with van der Waals surface area (Å²) >= 11 is 0. The van der Waals surface area contributed by atoms with Gasteiger partial charge in [0, 0.05) is 12.3 Å². The normalized spacial score (nSPS) is 24.3. The lowest BCUT2D eigenvalue weighted by molar-refractivity contribution is -0.147. The summed E-state index contributed by atoms with van der Waals surface area (Å²) in [4.78, 5) is 11.3. The van der Waals surface area contributed by atoms with Gasteiger partial charge >= 0.3 is 5.97 Å². The molecule has 0 amide bonds. The second-order valence-electron chi connectivity index (χ2n) is 8.39. The van der Waals surface area contributed by atoms with Crippen molar-refractivity contribution in [2.45, 2.75) is 109 Å². The maximum absolute atomic E-state index is 11.3. The average molecular weight is 381 g/mol. The number of cyclic esters (lactones) is 1. The van der Waals surface area contributed by atoms with Crippen LogP contribution in [0.1, 0.15) is 96.8 Å². The van der Waals surface area contributed by atoms with Crippen LogP contribution < -0.4 is 0 Å². The molecule has 0 saturated carbocycles. The molecule has 4 heteroatoms. The zero-order valence-electron chi connectivity index (χ0n) is 17.4. The highest BCUT2D eigenvalue weighted by atomic mass is 16.7. The van der Waals surface area contributed by atoms with Gasteiger partial charge < -0.3 is 14.2 Å². The van der Waals surface area contributed by atoms with Crippen LogP contribution in [-0.4, -0.2) is 31.1 Å². The summed E-state index contributed by atoms with van der Waals surface area (Å²) in [5.74, 6) is -0.121. The lowest BCUT2D eigenvalue weighted by Crippen LogP contribution is -2.24. The molecule has 0 aromatic carbocycles. The van der Waals surface area contributed by atoms with Gasteiger partial charge in [-0.25, -0.2) is 0 Å². The summed E-state index contributed by atoms with van der Waals surface area (Å²) in [6.07, 6.45) is 18.8. The van der Waals surface area contributed by atoms with Gasteiger partial charge in [-0.1, -0.05) is 63.9 Å². The largest absolute Gasteiger partial charge is 0.462 e. The fraction of sp³-hybridized carbons (Fsp3) is 0.870. The van der Waals surface area contributed by atoms with E-state index in [4.69, 9.17) is 14.2 Å². The second-order valence-corrected chi connectivity index (χ2v) is 8.39. The second kappa shape index (κ2) is 12.6. The van der Waals surface area contributed by atoms with Crippen LogP contribution in [0.15, 0.2) is 12.7 Å². The molecule has 0 aromatic heterocycles. The Labute approximate surface area is 166 Å². The van der Waals surface area contributed by atoms with E-state index in [1.807, 2.05) is 6.08 Å². The lowest BCUT2D eigenvalue weighted by atomic mass is 9.96. The standard InChI is InChI=1S/C23H40O4/c1-3-20-19-22(24)27-21(20)15-13-11-9-7-5-4-6-8-10-12-14-16-23(2)25-17-18-26-23/h3,20-21H,1,4-19H2,2H3/t20-,21-/m0/s1. The first kappa shape index (κ1) is 22.4. The Morgan fingerprint density at radius 1 is 0.926 bits per heavy atom. The number of carbonyl (C=O) groups is 1. The number of hydrogen-bond donors (Lipinski definition) is 0. The minimum atomic E-state index is -0.300. The van der Waals surface area contributed by atoms with Crippen molar-refractivity contribution in [3.63, 3.8) is 0 Å². The third-order valence-corrected chi connectivity index (χ3v) is 5.98. The monoisotopic (exact) mass is 380 g/mol. The van der Waals surface area contributed by atoms with Crippen LogP contribution >= 0.6 is 0 Å². The molecule has 4 nitrogen and oxygen atoms in total. The number of esters is 1. The topological polar surface area (TPSA) is 44.8 Å². The summed E-state index contributed by atoms with van der Waals surface area (Å²) in [7, 11) is 0. The van der Waals surface area contributed by atoms with Crippen molar-refractivity contribution in [1.29, 1.82) is 0 Å². The van der Waals surface area contributed by atoms with Crippen molar-refractivity contribution in [3.8, 4) is 0 Å².